The predicted molar refractivity (Wildman–Crippen MR) is 174 cm³/mol. The van der Waals surface area contributed by atoms with Gasteiger partial charge in [-0.3, -0.25) is 4.79 Å². The number of carbonyl (C=O) groups excluding carboxylic acids is 2. The first-order valence-corrected chi connectivity index (χ1v) is 16.7. The minimum absolute atomic E-state index is 0.120. The SMILES string of the molecule is CC[C@@H]1C(=O)N(C)CC/C=C/[C@H](O)[C@@H]2CC[C@H]2CN2C[C@@]3(CCCc4cc(Cl)ccc43)COc3ccc(cc32)[C@@]1(O)C(=O)OC. The maximum atomic E-state index is 13.8. The van der Waals surface area contributed by atoms with Crippen molar-refractivity contribution in [3.63, 3.8) is 0 Å². The summed E-state index contributed by atoms with van der Waals surface area (Å²) in [6.45, 7) is 4.03. The van der Waals surface area contributed by atoms with Crippen molar-refractivity contribution in [3.8, 4) is 5.75 Å². The number of nitrogens with zero attached hydrogens (tertiary/aromatic N) is 2. The largest absolute Gasteiger partial charge is 0.490 e. The van der Waals surface area contributed by atoms with Crippen LogP contribution < -0.4 is 9.64 Å². The molecular weight excluding hydrogens is 592 g/mol. The van der Waals surface area contributed by atoms with E-state index in [0.717, 1.165) is 42.8 Å². The lowest BCUT2D eigenvalue weighted by Gasteiger charge is -2.45. The fraction of sp³-hybridized carbons (Fsp3) is 0.556. The molecule has 0 radical (unpaired) electrons. The first-order valence-electron chi connectivity index (χ1n) is 16.3. The van der Waals surface area contributed by atoms with Gasteiger partial charge in [-0.1, -0.05) is 42.8 Å². The number of halogens is 1. The summed E-state index contributed by atoms with van der Waals surface area (Å²) < 4.78 is 11.8. The zero-order chi connectivity index (χ0) is 31.9. The summed E-state index contributed by atoms with van der Waals surface area (Å²) in [6.07, 6.45) is 8.88. The van der Waals surface area contributed by atoms with Crippen molar-refractivity contribution in [2.24, 2.45) is 17.8 Å². The highest BCUT2D eigenvalue weighted by Gasteiger charge is 2.51. The molecule has 2 aliphatic carbocycles. The number of aryl methyl sites for hydroxylation is 1. The Morgan fingerprint density at radius 1 is 1.20 bits per heavy atom. The Labute approximate surface area is 270 Å². The van der Waals surface area contributed by atoms with Crippen molar-refractivity contribution in [2.75, 3.05) is 45.3 Å². The van der Waals surface area contributed by atoms with E-state index < -0.39 is 23.6 Å². The van der Waals surface area contributed by atoms with Crippen LogP contribution in [0.3, 0.4) is 0 Å². The highest BCUT2D eigenvalue weighted by Crippen LogP contribution is 2.48. The average Bonchev–Trinajstić information content (AvgIpc) is 3.17. The normalized spacial score (nSPS) is 32.4. The fourth-order valence-electron chi connectivity index (χ4n) is 8.19. The molecule has 6 rings (SSSR count). The summed E-state index contributed by atoms with van der Waals surface area (Å²) >= 11 is 6.43. The van der Waals surface area contributed by atoms with Crippen LogP contribution in [0.5, 0.6) is 5.75 Å². The van der Waals surface area contributed by atoms with Crippen LogP contribution in [-0.4, -0.2) is 73.5 Å². The molecule has 6 atom stereocenters. The number of methoxy groups -OCH3 is 1. The molecule has 1 spiro atoms. The summed E-state index contributed by atoms with van der Waals surface area (Å²) in [6, 6.07) is 11.5. The molecular formula is C36H45ClN2O6. The lowest BCUT2D eigenvalue weighted by atomic mass is 9.68. The van der Waals surface area contributed by atoms with E-state index in [4.69, 9.17) is 21.1 Å². The lowest BCUT2D eigenvalue weighted by Crippen LogP contribution is -2.51. The highest BCUT2D eigenvalue weighted by atomic mass is 35.5. The average molecular weight is 637 g/mol. The molecule has 2 heterocycles. The minimum atomic E-state index is -2.20. The van der Waals surface area contributed by atoms with E-state index in [2.05, 4.69) is 17.0 Å². The predicted octanol–water partition coefficient (Wildman–Crippen LogP) is 5.01. The van der Waals surface area contributed by atoms with Crippen LogP contribution in [0, 0.1) is 17.8 Å². The minimum Gasteiger partial charge on any atom is -0.490 e. The number of aliphatic hydroxyl groups excluding tert-OH is 1. The maximum Gasteiger partial charge on any atom is 0.343 e. The molecule has 2 bridgehead atoms. The van der Waals surface area contributed by atoms with Crippen molar-refractivity contribution < 1.29 is 29.3 Å². The molecule has 242 valence electrons. The molecule has 2 aliphatic heterocycles. The maximum absolute atomic E-state index is 13.8. The number of esters is 1. The molecule has 0 aromatic heterocycles. The molecule has 2 aromatic carbocycles. The Kier molecular flexibility index (Phi) is 8.94. The van der Waals surface area contributed by atoms with Gasteiger partial charge in [0.1, 0.15) is 5.75 Å². The van der Waals surface area contributed by atoms with E-state index in [-0.39, 0.29) is 29.6 Å². The van der Waals surface area contributed by atoms with E-state index in [1.54, 1.807) is 24.9 Å². The zero-order valence-electron chi connectivity index (χ0n) is 26.5. The Hall–Kier alpha value is -3.07. The third-order valence-corrected chi connectivity index (χ3v) is 11.1. The second-order valence-corrected chi connectivity index (χ2v) is 13.9. The van der Waals surface area contributed by atoms with E-state index in [1.165, 1.54) is 18.2 Å². The second kappa shape index (κ2) is 12.6. The van der Waals surface area contributed by atoms with E-state index in [9.17, 15) is 19.8 Å². The molecule has 4 aliphatic rings. The number of aliphatic hydroxyl groups is 2. The summed E-state index contributed by atoms with van der Waals surface area (Å²) in [7, 11) is 2.92. The molecule has 0 unspecified atom stereocenters. The molecule has 9 heteroatoms. The number of rotatable bonds is 2. The fourth-order valence-corrected chi connectivity index (χ4v) is 8.39. The number of carbonyl (C=O) groups is 2. The number of anilines is 1. The van der Waals surface area contributed by atoms with Gasteiger partial charge in [0.25, 0.3) is 0 Å². The number of fused-ring (bicyclic) bond motifs is 4. The Bertz CT molecular complexity index is 1480. The van der Waals surface area contributed by atoms with Crippen molar-refractivity contribution in [1.82, 2.24) is 4.90 Å². The van der Waals surface area contributed by atoms with Crippen LogP contribution in [0.4, 0.5) is 5.69 Å². The van der Waals surface area contributed by atoms with Crippen LogP contribution in [0.15, 0.2) is 48.6 Å². The topological polar surface area (TPSA) is 99.5 Å². The van der Waals surface area contributed by atoms with Gasteiger partial charge in [-0.05, 0) is 97.7 Å². The zero-order valence-corrected chi connectivity index (χ0v) is 27.3. The number of hydrogen-bond donors (Lipinski definition) is 2. The van der Waals surface area contributed by atoms with Crippen LogP contribution in [-0.2, 0) is 31.8 Å². The van der Waals surface area contributed by atoms with Gasteiger partial charge >= 0.3 is 5.97 Å². The van der Waals surface area contributed by atoms with Gasteiger partial charge in [0, 0.05) is 37.1 Å². The number of hydrogen-bond acceptors (Lipinski definition) is 7. The Morgan fingerprint density at radius 3 is 2.76 bits per heavy atom. The first-order chi connectivity index (χ1) is 21.6. The number of ether oxygens (including phenoxy) is 2. The monoisotopic (exact) mass is 636 g/mol. The van der Waals surface area contributed by atoms with Gasteiger partial charge in [-0.15, -0.1) is 0 Å². The van der Waals surface area contributed by atoms with E-state index >= 15 is 0 Å². The van der Waals surface area contributed by atoms with Crippen molar-refractivity contribution in [1.29, 1.82) is 0 Å². The molecule has 1 fully saturated rings. The van der Waals surface area contributed by atoms with Gasteiger partial charge in [0.05, 0.1) is 31.4 Å². The van der Waals surface area contributed by atoms with Crippen LogP contribution in [0.2, 0.25) is 5.02 Å². The van der Waals surface area contributed by atoms with Gasteiger partial charge in [0.15, 0.2) is 5.60 Å². The number of amides is 1. The van der Waals surface area contributed by atoms with Gasteiger partial charge in [-0.2, -0.15) is 0 Å². The third kappa shape index (κ3) is 5.63. The van der Waals surface area contributed by atoms with Crippen molar-refractivity contribution >= 4 is 29.2 Å². The van der Waals surface area contributed by atoms with Crippen molar-refractivity contribution in [3.05, 3.63) is 70.3 Å². The van der Waals surface area contributed by atoms with Crippen LogP contribution >= 0.6 is 11.6 Å². The third-order valence-electron chi connectivity index (χ3n) is 10.9. The molecule has 2 aromatic rings. The molecule has 2 N–H and O–H groups in total. The molecule has 0 saturated heterocycles. The van der Waals surface area contributed by atoms with Crippen LogP contribution in [0.25, 0.3) is 0 Å². The molecule has 1 amide bonds. The lowest BCUT2D eigenvalue weighted by molar-refractivity contribution is -0.176. The van der Waals surface area contributed by atoms with Crippen molar-refractivity contribution in [2.45, 2.75) is 69.0 Å². The van der Waals surface area contributed by atoms with E-state index in [1.807, 2.05) is 30.4 Å². The summed E-state index contributed by atoms with van der Waals surface area (Å²) in [5, 5.41) is 24.2. The van der Waals surface area contributed by atoms with Gasteiger partial charge in [-0.25, -0.2) is 4.79 Å². The molecule has 8 nitrogen and oxygen atoms in total. The second-order valence-electron chi connectivity index (χ2n) is 13.5. The molecule has 1 saturated carbocycles. The Balaban J connectivity index is 1.50. The quantitative estimate of drug-likeness (QED) is 0.353. The van der Waals surface area contributed by atoms with Gasteiger partial charge in [0.2, 0.25) is 5.91 Å². The van der Waals surface area contributed by atoms with E-state index in [0.29, 0.717) is 44.0 Å². The highest BCUT2D eigenvalue weighted by molar-refractivity contribution is 6.30. The first kappa shape index (κ1) is 31.9. The molecule has 45 heavy (non-hydrogen) atoms. The summed E-state index contributed by atoms with van der Waals surface area (Å²) in [5.41, 5.74) is 1.08. The summed E-state index contributed by atoms with van der Waals surface area (Å²) in [4.78, 5) is 31.2. The summed E-state index contributed by atoms with van der Waals surface area (Å²) in [5.74, 6) is -1.23. The van der Waals surface area contributed by atoms with Crippen LogP contribution in [0.1, 0.15) is 62.1 Å². The van der Waals surface area contributed by atoms with Gasteiger partial charge < -0.3 is 29.5 Å². The standard InChI is InChI=1S/C36H45ClN2O6/c1-4-28-33(41)38(2)17-6-5-9-31(40)27-13-10-24(27)20-39-21-35(16-7-8-23-18-26(37)12-14-29(23)35)22-45-32-15-11-25(19-30(32)39)36(28,43)34(42)44-3/h5,9,11-12,14-15,18-19,24,27-28,31,40,43H,4,6-8,10,13,16-17,20-22H2,1-3H3/b9-5+/t24-,27+,28+,31-,35-,36-/m0/s1. The smallest absolute Gasteiger partial charge is 0.343 e. The number of benzene rings is 2. The Morgan fingerprint density at radius 2 is 2.02 bits per heavy atom.